The number of aromatic amines is 1. The molecule has 1 aliphatic heterocycles. The van der Waals surface area contributed by atoms with Crippen molar-refractivity contribution in [2.75, 3.05) is 19.8 Å². The molecule has 0 saturated carbocycles. The molecular weight excluding hydrogens is 344 g/mol. The summed E-state index contributed by atoms with van der Waals surface area (Å²) < 4.78 is 10.7. The van der Waals surface area contributed by atoms with Gasteiger partial charge in [0.25, 0.3) is 5.91 Å². The van der Waals surface area contributed by atoms with Gasteiger partial charge in [0.15, 0.2) is 0 Å². The molecular formula is C21H22N2O4. The van der Waals surface area contributed by atoms with Crippen molar-refractivity contribution in [1.29, 1.82) is 0 Å². The van der Waals surface area contributed by atoms with Crippen LogP contribution >= 0.6 is 0 Å². The standard InChI is InChI=1S/C21H22N2O4/c1-13-10-18(15-7-9-26-12-15)27-21(25)19(13)20(24)22-8-6-14-11-23-17-5-3-2-4-16(14)17/h2-5,10-11,15,23H,6-9,12H2,1H3,(H,22,24). The van der Waals surface area contributed by atoms with Crippen LogP contribution in [-0.2, 0) is 11.2 Å². The number of para-hydroxylation sites is 1. The number of fused-ring (bicyclic) bond motifs is 1. The molecule has 3 heterocycles. The second-order valence-corrected chi connectivity index (χ2v) is 6.92. The maximum atomic E-state index is 12.5. The number of rotatable bonds is 5. The molecule has 0 bridgehead atoms. The highest BCUT2D eigenvalue weighted by Crippen LogP contribution is 2.25. The molecule has 1 saturated heterocycles. The topological polar surface area (TPSA) is 84.3 Å². The van der Waals surface area contributed by atoms with Crippen molar-refractivity contribution < 1.29 is 13.9 Å². The van der Waals surface area contributed by atoms with E-state index in [4.69, 9.17) is 9.15 Å². The number of carbonyl (C=O) groups is 1. The lowest BCUT2D eigenvalue weighted by Gasteiger charge is -2.10. The zero-order valence-corrected chi connectivity index (χ0v) is 15.2. The van der Waals surface area contributed by atoms with Gasteiger partial charge in [0.1, 0.15) is 11.3 Å². The molecule has 1 aliphatic rings. The van der Waals surface area contributed by atoms with E-state index in [1.54, 1.807) is 13.0 Å². The number of nitrogens with one attached hydrogen (secondary N) is 2. The molecule has 27 heavy (non-hydrogen) atoms. The van der Waals surface area contributed by atoms with Gasteiger partial charge in [-0.05, 0) is 43.0 Å². The molecule has 1 amide bonds. The van der Waals surface area contributed by atoms with Crippen molar-refractivity contribution >= 4 is 16.8 Å². The average Bonchev–Trinajstić information content (AvgIpc) is 3.31. The van der Waals surface area contributed by atoms with Crippen molar-refractivity contribution in [2.45, 2.75) is 25.7 Å². The minimum Gasteiger partial charge on any atom is -0.427 e. The lowest BCUT2D eigenvalue weighted by Crippen LogP contribution is -2.31. The highest BCUT2D eigenvalue weighted by Gasteiger charge is 2.24. The third-order valence-electron chi connectivity index (χ3n) is 5.08. The summed E-state index contributed by atoms with van der Waals surface area (Å²) >= 11 is 0. The second-order valence-electron chi connectivity index (χ2n) is 6.92. The van der Waals surface area contributed by atoms with E-state index in [0.29, 0.717) is 37.5 Å². The van der Waals surface area contributed by atoms with Gasteiger partial charge >= 0.3 is 5.63 Å². The Balaban J connectivity index is 1.44. The van der Waals surface area contributed by atoms with Gasteiger partial charge in [-0.1, -0.05) is 18.2 Å². The number of carbonyl (C=O) groups excluding carboxylic acids is 1. The van der Waals surface area contributed by atoms with Crippen LogP contribution < -0.4 is 10.9 Å². The maximum absolute atomic E-state index is 12.5. The number of H-pyrrole nitrogens is 1. The molecule has 1 unspecified atom stereocenters. The summed E-state index contributed by atoms with van der Waals surface area (Å²) in [6, 6.07) is 9.82. The van der Waals surface area contributed by atoms with E-state index in [1.165, 1.54) is 0 Å². The fourth-order valence-electron chi connectivity index (χ4n) is 3.60. The fourth-order valence-corrected chi connectivity index (χ4v) is 3.60. The minimum atomic E-state index is -0.582. The lowest BCUT2D eigenvalue weighted by molar-refractivity contribution is 0.0949. The van der Waals surface area contributed by atoms with Crippen LogP contribution in [0.4, 0.5) is 0 Å². The Hall–Kier alpha value is -2.86. The number of hydrogen-bond donors (Lipinski definition) is 2. The first kappa shape index (κ1) is 17.5. The van der Waals surface area contributed by atoms with E-state index in [0.717, 1.165) is 22.9 Å². The third-order valence-corrected chi connectivity index (χ3v) is 5.08. The average molecular weight is 366 g/mol. The van der Waals surface area contributed by atoms with E-state index in [9.17, 15) is 9.59 Å². The van der Waals surface area contributed by atoms with Crippen molar-refractivity contribution in [1.82, 2.24) is 10.3 Å². The number of benzene rings is 1. The predicted octanol–water partition coefficient (Wildman–Crippen LogP) is 2.91. The quantitative estimate of drug-likeness (QED) is 0.727. The van der Waals surface area contributed by atoms with E-state index < -0.39 is 11.5 Å². The largest absolute Gasteiger partial charge is 0.427 e. The monoisotopic (exact) mass is 366 g/mol. The molecule has 140 valence electrons. The molecule has 1 atom stereocenters. The van der Waals surface area contributed by atoms with Gasteiger partial charge in [0.05, 0.1) is 6.61 Å². The van der Waals surface area contributed by atoms with E-state index in [2.05, 4.69) is 10.3 Å². The molecule has 0 spiro atoms. The Labute approximate surface area is 156 Å². The molecule has 6 nitrogen and oxygen atoms in total. The molecule has 2 N–H and O–H groups in total. The second kappa shape index (κ2) is 7.40. The van der Waals surface area contributed by atoms with Crippen molar-refractivity contribution in [3.05, 3.63) is 69.4 Å². The number of aromatic nitrogens is 1. The highest BCUT2D eigenvalue weighted by molar-refractivity contribution is 5.95. The van der Waals surface area contributed by atoms with Gasteiger partial charge in [-0.25, -0.2) is 4.79 Å². The zero-order valence-electron chi connectivity index (χ0n) is 15.2. The van der Waals surface area contributed by atoms with E-state index in [-0.39, 0.29) is 11.5 Å². The van der Waals surface area contributed by atoms with Crippen LogP contribution in [0.2, 0.25) is 0 Å². The molecule has 0 aliphatic carbocycles. The van der Waals surface area contributed by atoms with Gasteiger partial charge in [-0.3, -0.25) is 4.79 Å². The molecule has 1 fully saturated rings. The Kier molecular flexibility index (Phi) is 4.81. The fraction of sp³-hybridized carbons (Fsp3) is 0.333. The Morgan fingerprint density at radius 2 is 2.19 bits per heavy atom. The van der Waals surface area contributed by atoms with Crippen LogP contribution in [0.1, 0.15) is 39.6 Å². The summed E-state index contributed by atoms with van der Waals surface area (Å²) in [4.78, 5) is 28.1. The number of hydrogen-bond acceptors (Lipinski definition) is 4. The van der Waals surface area contributed by atoms with Crippen LogP contribution in [0.15, 0.2) is 45.7 Å². The normalized spacial score (nSPS) is 16.7. The van der Waals surface area contributed by atoms with Crippen LogP contribution in [0.3, 0.4) is 0 Å². The van der Waals surface area contributed by atoms with Crippen molar-refractivity contribution in [3.63, 3.8) is 0 Å². The van der Waals surface area contributed by atoms with Crippen LogP contribution in [0.5, 0.6) is 0 Å². The number of aryl methyl sites for hydroxylation is 1. The van der Waals surface area contributed by atoms with Crippen LogP contribution in [0, 0.1) is 6.92 Å². The molecule has 1 aromatic carbocycles. The molecule has 4 rings (SSSR count). The summed E-state index contributed by atoms with van der Waals surface area (Å²) in [7, 11) is 0. The molecule has 3 aromatic rings. The first-order valence-electron chi connectivity index (χ1n) is 9.19. The summed E-state index contributed by atoms with van der Waals surface area (Å²) in [6.07, 6.45) is 3.46. The summed E-state index contributed by atoms with van der Waals surface area (Å²) in [5, 5.41) is 3.98. The van der Waals surface area contributed by atoms with E-state index in [1.807, 2.05) is 30.5 Å². The SMILES string of the molecule is Cc1cc(C2CCOC2)oc(=O)c1C(=O)NCCc1c[nH]c2ccccc12. The predicted molar refractivity (Wildman–Crippen MR) is 102 cm³/mol. The maximum Gasteiger partial charge on any atom is 0.349 e. The van der Waals surface area contributed by atoms with Gasteiger partial charge in [0, 0.05) is 36.2 Å². The van der Waals surface area contributed by atoms with Gasteiger partial charge in [0.2, 0.25) is 0 Å². The highest BCUT2D eigenvalue weighted by atomic mass is 16.5. The first-order chi connectivity index (χ1) is 13.1. The van der Waals surface area contributed by atoms with Gasteiger partial charge in [-0.2, -0.15) is 0 Å². The lowest BCUT2D eigenvalue weighted by atomic mass is 10.0. The summed E-state index contributed by atoms with van der Waals surface area (Å²) in [5.41, 5.74) is 2.34. The third kappa shape index (κ3) is 3.53. The van der Waals surface area contributed by atoms with Crippen molar-refractivity contribution in [3.8, 4) is 0 Å². The molecule has 2 aromatic heterocycles. The van der Waals surface area contributed by atoms with Crippen molar-refractivity contribution in [2.24, 2.45) is 0 Å². The van der Waals surface area contributed by atoms with E-state index >= 15 is 0 Å². The first-order valence-corrected chi connectivity index (χ1v) is 9.19. The molecule has 6 heteroatoms. The van der Waals surface area contributed by atoms with Crippen LogP contribution in [0.25, 0.3) is 10.9 Å². The molecule has 0 radical (unpaired) electrons. The van der Waals surface area contributed by atoms with Gasteiger partial charge in [-0.15, -0.1) is 0 Å². The Bertz CT molecular complexity index is 1030. The zero-order chi connectivity index (χ0) is 18.8. The number of amides is 1. The summed E-state index contributed by atoms with van der Waals surface area (Å²) in [5.74, 6) is 0.302. The van der Waals surface area contributed by atoms with Crippen LogP contribution in [-0.4, -0.2) is 30.6 Å². The Morgan fingerprint density at radius 3 is 2.96 bits per heavy atom. The number of ether oxygens (including phenoxy) is 1. The summed E-state index contributed by atoms with van der Waals surface area (Å²) in [6.45, 7) is 3.44. The van der Waals surface area contributed by atoms with Gasteiger partial charge < -0.3 is 19.5 Å². The smallest absolute Gasteiger partial charge is 0.349 e. The minimum absolute atomic E-state index is 0.0802. The Morgan fingerprint density at radius 1 is 1.33 bits per heavy atom.